The monoisotopic (exact) mass is 382 g/mol. The summed E-state index contributed by atoms with van der Waals surface area (Å²) in [6.07, 6.45) is 5.71. The van der Waals surface area contributed by atoms with Gasteiger partial charge in [0.15, 0.2) is 0 Å². The molecule has 1 aromatic carbocycles. The van der Waals surface area contributed by atoms with E-state index in [1.165, 1.54) is 30.9 Å². The zero-order valence-corrected chi connectivity index (χ0v) is 15.0. The molecule has 0 unspecified atom stereocenters. The summed E-state index contributed by atoms with van der Waals surface area (Å²) < 4.78 is 18.1. The third-order valence-electron chi connectivity index (χ3n) is 4.90. The van der Waals surface area contributed by atoms with Crippen LogP contribution in [0.1, 0.15) is 33.6 Å². The van der Waals surface area contributed by atoms with E-state index in [1.54, 1.807) is 23.1 Å². The third kappa shape index (κ3) is 3.66. The molecule has 0 radical (unpaired) electrons. The Morgan fingerprint density at radius 1 is 1.18 bits per heavy atom. The Balaban J connectivity index is 1.37. The minimum Gasteiger partial charge on any atom is -0.472 e. The number of H-pyrrole nitrogens is 1. The molecule has 1 aliphatic rings. The number of benzene rings is 1. The number of aromatic amines is 1. The molecule has 2 N–H and O–H groups in total. The first-order valence-corrected chi connectivity index (χ1v) is 9.03. The van der Waals surface area contributed by atoms with Crippen molar-refractivity contribution in [2.24, 2.45) is 0 Å². The fourth-order valence-electron chi connectivity index (χ4n) is 3.35. The number of hydrogen-bond acceptors (Lipinski definition) is 4. The summed E-state index contributed by atoms with van der Waals surface area (Å²) in [6, 6.07) is 7.48. The van der Waals surface area contributed by atoms with E-state index in [9.17, 15) is 14.0 Å². The maximum atomic E-state index is 13.1. The van der Waals surface area contributed by atoms with Gasteiger partial charge in [0.1, 0.15) is 12.1 Å². The van der Waals surface area contributed by atoms with E-state index in [-0.39, 0.29) is 23.7 Å². The number of rotatable bonds is 4. The van der Waals surface area contributed by atoms with Crippen LogP contribution in [-0.2, 0) is 0 Å². The molecular weight excluding hydrogens is 363 g/mol. The van der Waals surface area contributed by atoms with E-state index in [1.807, 2.05) is 0 Å². The number of furan rings is 1. The van der Waals surface area contributed by atoms with E-state index in [0.29, 0.717) is 48.3 Å². The van der Waals surface area contributed by atoms with Crippen molar-refractivity contribution in [2.75, 3.05) is 13.1 Å². The van der Waals surface area contributed by atoms with E-state index in [0.717, 1.165) is 0 Å². The highest BCUT2D eigenvalue weighted by Crippen LogP contribution is 2.22. The normalized spacial score (nSPS) is 14.8. The lowest BCUT2D eigenvalue weighted by Crippen LogP contribution is -2.46. The number of hydrogen-bond donors (Lipinski definition) is 2. The van der Waals surface area contributed by atoms with Crippen LogP contribution in [0.5, 0.6) is 0 Å². The van der Waals surface area contributed by atoms with Gasteiger partial charge in [0, 0.05) is 24.7 Å². The number of carbonyl (C=O) groups excluding carboxylic acids is 2. The molecule has 7 nitrogen and oxygen atoms in total. The molecule has 8 heteroatoms. The van der Waals surface area contributed by atoms with Crippen LogP contribution >= 0.6 is 0 Å². The van der Waals surface area contributed by atoms with Crippen LogP contribution in [-0.4, -0.2) is 46.0 Å². The molecule has 4 rings (SSSR count). The molecule has 3 heterocycles. The van der Waals surface area contributed by atoms with E-state index in [2.05, 4.69) is 15.5 Å². The Morgan fingerprint density at radius 3 is 2.61 bits per heavy atom. The number of nitrogens with zero attached hydrogens (tertiary/aromatic N) is 2. The second-order valence-electron chi connectivity index (χ2n) is 6.72. The Hall–Kier alpha value is -3.42. The molecule has 0 atom stereocenters. The lowest BCUT2D eigenvalue weighted by atomic mass is 10.0. The number of likely N-dealkylation sites (tertiary alicyclic amines) is 1. The Morgan fingerprint density at radius 2 is 1.93 bits per heavy atom. The standard InChI is InChI=1S/C20H19FN4O3/c21-15-3-1-13(2-4-15)18-17(11-22-24-18)19(26)23-16-5-8-25(9-6-16)20(27)14-7-10-28-12-14/h1-4,7,10-12,16H,5-6,8-9H2,(H,22,24)(H,23,26). The van der Waals surface area contributed by atoms with Crippen molar-refractivity contribution in [1.29, 1.82) is 0 Å². The summed E-state index contributed by atoms with van der Waals surface area (Å²) in [7, 11) is 0. The smallest absolute Gasteiger partial charge is 0.257 e. The highest BCUT2D eigenvalue weighted by Gasteiger charge is 2.26. The summed E-state index contributed by atoms with van der Waals surface area (Å²) in [5.41, 5.74) is 2.17. The summed E-state index contributed by atoms with van der Waals surface area (Å²) in [6.45, 7) is 1.12. The summed E-state index contributed by atoms with van der Waals surface area (Å²) in [5.74, 6) is -0.648. The van der Waals surface area contributed by atoms with Crippen LogP contribution in [0.3, 0.4) is 0 Å². The Kier molecular flexibility index (Phi) is 4.92. The van der Waals surface area contributed by atoms with Gasteiger partial charge in [-0.3, -0.25) is 14.7 Å². The van der Waals surface area contributed by atoms with Gasteiger partial charge in [-0.15, -0.1) is 0 Å². The molecule has 28 heavy (non-hydrogen) atoms. The van der Waals surface area contributed by atoms with Crippen LogP contribution in [0.25, 0.3) is 11.3 Å². The molecule has 1 saturated heterocycles. The molecule has 2 aromatic heterocycles. The van der Waals surface area contributed by atoms with Gasteiger partial charge in [0.2, 0.25) is 0 Å². The highest BCUT2D eigenvalue weighted by molar-refractivity contribution is 6.00. The summed E-state index contributed by atoms with van der Waals surface area (Å²) in [5, 5.41) is 9.77. The van der Waals surface area contributed by atoms with Crippen molar-refractivity contribution in [1.82, 2.24) is 20.4 Å². The fraction of sp³-hybridized carbons (Fsp3) is 0.250. The number of carbonyl (C=O) groups is 2. The number of amides is 2. The maximum absolute atomic E-state index is 13.1. The quantitative estimate of drug-likeness (QED) is 0.726. The number of aromatic nitrogens is 2. The van der Waals surface area contributed by atoms with Crippen molar-refractivity contribution < 1.29 is 18.4 Å². The van der Waals surface area contributed by atoms with Crippen LogP contribution in [0, 0.1) is 5.82 Å². The maximum Gasteiger partial charge on any atom is 0.257 e. The first kappa shape index (κ1) is 18.0. The average Bonchev–Trinajstić information content (AvgIpc) is 3.41. The molecule has 144 valence electrons. The molecule has 1 aliphatic heterocycles. The molecule has 0 bridgehead atoms. The van der Waals surface area contributed by atoms with E-state index < -0.39 is 0 Å². The van der Waals surface area contributed by atoms with Gasteiger partial charge in [0.05, 0.1) is 29.3 Å². The third-order valence-corrected chi connectivity index (χ3v) is 4.90. The van der Waals surface area contributed by atoms with Crippen LogP contribution in [0.15, 0.2) is 53.5 Å². The molecule has 2 amide bonds. The van der Waals surface area contributed by atoms with Gasteiger partial charge >= 0.3 is 0 Å². The Labute approximate surface area is 160 Å². The van der Waals surface area contributed by atoms with Gasteiger partial charge in [-0.2, -0.15) is 5.10 Å². The lowest BCUT2D eigenvalue weighted by Gasteiger charge is -2.32. The van der Waals surface area contributed by atoms with Crippen molar-refractivity contribution in [2.45, 2.75) is 18.9 Å². The summed E-state index contributed by atoms with van der Waals surface area (Å²) >= 11 is 0. The van der Waals surface area contributed by atoms with E-state index in [4.69, 9.17) is 4.42 Å². The van der Waals surface area contributed by atoms with E-state index >= 15 is 0 Å². The average molecular weight is 382 g/mol. The second kappa shape index (κ2) is 7.67. The number of halogens is 1. The van der Waals surface area contributed by atoms with Crippen molar-refractivity contribution in [3.05, 3.63) is 66.0 Å². The SMILES string of the molecule is O=C(NC1CCN(C(=O)c2ccoc2)CC1)c1cn[nH]c1-c1ccc(F)cc1. The zero-order valence-electron chi connectivity index (χ0n) is 15.0. The van der Waals surface area contributed by atoms with Gasteiger partial charge in [-0.1, -0.05) is 0 Å². The first-order valence-electron chi connectivity index (χ1n) is 9.03. The van der Waals surface area contributed by atoms with Crippen molar-refractivity contribution >= 4 is 11.8 Å². The molecule has 0 aliphatic carbocycles. The number of nitrogens with one attached hydrogen (secondary N) is 2. The summed E-state index contributed by atoms with van der Waals surface area (Å²) in [4.78, 5) is 26.8. The fourth-order valence-corrected chi connectivity index (χ4v) is 3.35. The van der Waals surface area contributed by atoms with Gasteiger partial charge in [-0.25, -0.2) is 4.39 Å². The van der Waals surface area contributed by atoms with Crippen LogP contribution < -0.4 is 5.32 Å². The molecule has 3 aromatic rings. The predicted molar refractivity (Wildman–Crippen MR) is 99.1 cm³/mol. The predicted octanol–water partition coefficient (Wildman–Crippen LogP) is 2.84. The largest absolute Gasteiger partial charge is 0.472 e. The molecule has 0 saturated carbocycles. The van der Waals surface area contributed by atoms with Gasteiger partial charge in [-0.05, 0) is 43.2 Å². The Bertz CT molecular complexity index is 958. The second-order valence-corrected chi connectivity index (χ2v) is 6.72. The lowest BCUT2D eigenvalue weighted by molar-refractivity contribution is 0.0697. The van der Waals surface area contributed by atoms with Crippen molar-refractivity contribution in [3.8, 4) is 11.3 Å². The van der Waals surface area contributed by atoms with Crippen LogP contribution in [0.2, 0.25) is 0 Å². The first-order chi connectivity index (χ1) is 13.6. The van der Waals surface area contributed by atoms with Crippen molar-refractivity contribution in [3.63, 3.8) is 0 Å². The topological polar surface area (TPSA) is 91.2 Å². The minimum atomic E-state index is -0.342. The van der Waals surface area contributed by atoms with Crippen LogP contribution in [0.4, 0.5) is 4.39 Å². The minimum absolute atomic E-state index is 0.0307. The van der Waals surface area contributed by atoms with Gasteiger partial charge in [0.25, 0.3) is 11.8 Å². The molecule has 1 fully saturated rings. The highest BCUT2D eigenvalue weighted by atomic mass is 19.1. The molecular formula is C20H19FN4O3. The molecule has 0 spiro atoms. The van der Waals surface area contributed by atoms with Gasteiger partial charge < -0.3 is 14.6 Å². The number of piperidine rings is 1. The zero-order chi connectivity index (χ0) is 19.5.